The number of para-hydroxylation sites is 1. The number of carbonyl (C=O) groups excluding carboxylic acids is 2. The Hall–Kier alpha value is -3.92. The van der Waals surface area contributed by atoms with E-state index in [1.54, 1.807) is 37.3 Å². The number of halogens is 2. The second kappa shape index (κ2) is 8.67. The van der Waals surface area contributed by atoms with E-state index in [0.29, 0.717) is 5.69 Å². The van der Waals surface area contributed by atoms with E-state index >= 15 is 0 Å². The molecule has 0 spiro atoms. The van der Waals surface area contributed by atoms with Crippen LogP contribution < -0.4 is 10.9 Å². The van der Waals surface area contributed by atoms with E-state index in [1.807, 2.05) is 0 Å². The normalized spacial score (nSPS) is 10.8. The predicted octanol–water partition coefficient (Wildman–Crippen LogP) is 4.15. The molecule has 10 heteroatoms. The quantitative estimate of drug-likeness (QED) is 0.457. The van der Waals surface area contributed by atoms with Gasteiger partial charge >= 0.3 is 5.97 Å². The predicted molar refractivity (Wildman–Crippen MR) is 115 cm³/mol. The van der Waals surface area contributed by atoms with Crippen LogP contribution in [0.1, 0.15) is 27.8 Å². The number of carbonyl (C=O) groups is 2. The lowest BCUT2D eigenvalue weighted by Gasteiger charge is -2.10. The van der Waals surface area contributed by atoms with Crippen LogP contribution in [0.25, 0.3) is 16.5 Å². The molecule has 162 valence electrons. The molecule has 2 aromatic carbocycles. The van der Waals surface area contributed by atoms with Crippen molar-refractivity contribution in [3.63, 3.8) is 0 Å². The molecule has 1 amide bonds. The van der Waals surface area contributed by atoms with Crippen LogP contribution in [0.5, 0.6) is 0 Å². The van der Waals surface area contributed by atoms with Gasteiger partial charge in [-0.1, -0.05) is 18.2 Å². The standard InChI is InChI=1S/C22H15F2N3O4S/c1-2-31-22(30)18-14-11-32-20(25-19(28)12-8-9-15(23)16(24)10-12)17(14)21(29)27(26-18)13-6-4-3-5-7-13/h3-11H,2H2,1H3,(H,25,28). The van der Waals surface area contributed by atoms with Gasteiger partial charge in [0.15, 0.2) is 17.3 Å². The van der Waals surface area contributed by atoms with Gasteiger partial charge in [-0.05, 0) is 37.3 Å². The monoisotopic (exact) mass is 455 g/mol. The van der Waals surface area contributed by atoms with E-state index in [0.717, 1.165) is 34.2 Å². The lowest BCUT2D eigenvalue weighted by molar-refractivity contribution is 0.0520. The largest absolute Gasteiger partial charge is 0.461 e. The highest BCUT2D eigenvalue weighted by Crippen LogP contribution is 2.31. The smallest absolute Gasteiger partial charge is 0.359 e. The van der Waals surface area contributed by atoms with Gasteiger partial charge in [0.25, 0.3) is 11.5 Å². The number of nitrogens with zero attached hydrogens (tertiary/aromatic N) is 2. The van der Waals surface area contributed by atoms with Crippen molar-refractivity contribution in [3.05, 3.63) is 87.2 Å². The van der Waals surface area contributed by atoms with Crippen LogP contribution in [0.3, 0.4) is 0 Å². The lowest BCUT2D eigenvalue weighted by atomic mass is 10.2. The second-order valence-electron chi connectivity index (χ2n) is 6.56. The Kier molecular flexibility index (Phi) is 5.78. The van der Waals surface area contributed by atoms with E-state index < -0.39 is 29.1 Å². The number of rotatable bonds is 5. The summed E-state index contributed by atoms with van der Waals surface area (Å²) in [4.78, 5) is 38.4. The van der Waals surface area contributed by atoms with Crippen LogP contribution in [-0.2, 0) is 4.74 Å². The summed E-state index contributed by atoms with van der Waals surface area (Å²) in [6.07, 6.45) is 0. The third-order valence-electron chi connectivity index (χ3n) is 4.53. The molecule has 4 aromatic rings. The van der Waals surface area contributed by atoms with Crippen LogP contribution >= 0.6 is 11.3 Å². The molecule has 0 saturated heterocycles. The van der Waals surface area contributed by atoms with Gasteiger partial charge in [0, 0.05) is 16.3 Å². The van der Waals surface area contributed by atoms with Crippen LogP contribution in [0.2, 0.25) is 0 Å². The van der Waals surface area contributed by atoms with Gasteiger partial charge in [-0.15, -0.1) is 11.3 Å². The highest BCUT2D eigenvalue weighted by atomic mass is 32.1. The molecular weight excluding hydrogens is 440 g/mol. The number of amides is 1. The third-order valence-corrected chi connectivity index (χ3v) is 5.43. The zero-order valence-corrected chi connectivity index (χ0v) is 17.4. The fourth-order valence-corrected chi connectivity index (χ4v) is 3.98. The lowest BCUT2D eigenvalue weighted by Crippen LogP contribution is -2.25. The highest BCUT2D eigenvalue weighted by molar-refractivity contribution is 7.16. The van der Waals surface area contributed by atoms with E-state index in [1.165, 1.54) is 5.38 Å². The topological polar surface area (TPSA) is 90.3 Å². The first-order valence-electron chi connectivity index (χ1n) is 9.44. The maximum absolute atomic E-state index is 13.5. The molecule has 0 radical (unpaired) electrons. The van der Waals surface area contributed by atoms with Crippen LogP contribution in [-0.4, -0.2) is 28.3 Å². The summed E-state index contributed by atoms with van der Waals surface area (Å²) in [7, 11) is 0. The van der Waals surface area contributed by atoms with E-state index in [4.69, 9.17) is 4.74 Å². The average molecular weight is 455 g/mol. The number of nitrogens with one attached hydrogen (secondary N) is 1. The fourth-order valence-electron chi connectivity index (χ4n) is 3.05. The molecule has 0 fully saturated rings. The Morgan fingerprint density at radius 3 is 2.56 bits per heavy atom. The van der Waals surface area contributed by atoms with Crippen molar-refractivity contribution in [1.29, 1.82) is 0 Å². The summed E-state index contributed by atoms with van der Waals surface area (Å²) in [5.74, 6) is -3.72. The first kappa shape index (κ1) is 21.3. The van der Waals surface area contributed by atoms with Gasteiger partial charge in [-0.2, -0.15) is 9.78 Å². The van der Waals surface area contributed by atoms with Gasteiger partial charge in [0.1, 0.15) is 5.00 Å². The Balaban J connectivity index is 1.86. The number of thiophene rings is 1. The molecular formula is C22H15F2N3O4S. The minimum atomic E-state index is -1.17. The molecule has 0 unspecified atom stereocenters. The Morgan fingerprint density at radius 2 is 1.88 bits per heavy atom. The number of hydrogen-bond donors (Lipinski definition) is 1. The summed E-state index contributed by atoms with van der Waals surface area (Å²) in [6, 6.07) is 11.2. The Morgan fingerprint density at radius 1 is 1.12 bits per heavy atom. The van der Waals surface area contributed by atoms with Crippen LogP contribution in [0.4, 0.5) is 13.8 Å². The zero-order chi connectivity index (χ0) is 22.8. The number of hydrogen-bond acceptors (Lipinski definition) is 6. The number of ether oxygens (including phenoxy) is 1. The highest BCUT2D eigenvalue weighted by Gasteiger charge is 2.23. The van der Waals surface area contributed by atoms with Crippen LogP contribution in [0.15, 0.2) is 58.7 Å². The molecule has 0 aliphatic heterocycles. The Labute approximate surface area is 183 Å². The van der Waals surface area contributed by atoms with Crippen molar-refractivity contribution in [1.82, 2.24) is 9.78 Å². The minimum absolute atomic E-state index is 0.0489. The number of aromatic nitrogens is 2. The summed E-state index contributed by atoms with van der Waals surface area (Å²) >= 11 is 1.00. The molecule has 0 bridgehead atoms. The second-order valence-corrected chi connectivity index (χ2v) is 7.44. The number of benzene rings is 2. The zero-order valence-electron chi connectivity index (χ0n) is 16.6. The Bertz CT molecular complexity index is 1400. The molecule has 32 heavy (non-hydrogen) atoms. The van der Waals surface area contributed by atoms with E-state index in [9.17, 15) is 23.2 Å². The maximum Gasteiger partial charge on any atom is 0.359 e. The van der Waals surface area contributed by atoms with Crippen LogP contribution in [0, 0.1) is 11.6 Å². The van der Waals surface area contributed by atoms with Crippen molar-refractivity contribution in [3.8, 4) is 5.69 Å². The molecule has 0 atom stereocenters. The molecule has 4 rings (SSSR count). The van der Waals surface area contributed by atoms with Gasteiger partial charge in [0.05, 0.1) is 17.7 Å². The summed E-state index contributed by atoms with van der Waals surface area (Å²) in [5.41, 5.74) is -0.376. The fraction of sp³-hybridized carbons (Fsp3) is 0.0909. The summed E-state index contributed by atoms with van der Waals surface area (Å²) < 4.78 is 32.8. The maximum atomic E-state index is 13.5. The summed E-state index contributed by atoms with van der Waals surface area (Å²) in [6.45, 7) is 1.75. The van der Waals surface area contributed by atoms with Crippen molar-refractivity contribution >= 4 is 39.0 Å². The number of esters is 1. The summed E-state index contributed by atoms with van der Waals surface area (Å²) in [5, 5.41) is 8.64. The van der Waals surface area contributed by atoms with E-state index in [2.05, 4.69) is 10.4 Å². The van der Waals surface area contributed by atoms with Gasteiger partial charge < -0.3 is 10.1 Å². The molecule has 0 saturated carbocycles. The van der Waals surface area contributed by atoms with Crippen molar-refractivity contribution in [2.75, 3.05) is 11.9 Å². The van der Waals surface area contributed by atoms with Crippen molar-refractivity contribution in [2.45, 2.75) is 6.92 Å². The van der Waals surface area contributed by atoms with Gasteiger partial charge in [-0.3, -0.25) is 9.59 Å². The third kappa shape index (κ3) is 3.87. The number of anilines is 1. The van der Waals surface area contributed by atoms with Gasteiger partial charge in [0.2, 0.25) is 0 Å². The molecule has 2 aromatic heterocycles. The average Bonchev–Trinajstić information content (AvgIpc) is 3.20. The number of fused-ring (bicyclic) bond motifs is 1. The molecule has 1 N–H and O–H groups in total. The van der Waals surface area contributed by atoms with E-state index in [-0.39, 0.29) is 33.6 Å². The molecule has 2 heterocycles. The van der Waals surface area contributed by atoms with Gasteiger partial charge in [-0.25, -0.2) is 13.6 Å². The molecule has 0 aliphatic carbocycles. The molecule has 0 aliphatic rings. The first-order chi connectivity index (χ1) is 15.4. The molecule has 7 nitrogen and oxygen atoms in total. The van der Waals surface area contributed by atoms with Crippen molar-refractivity contribution < 1.29 is 23.1 Å². The first-order valence-corrected chi connectivity index (χ1v) is 10.3. The van der Waals surface area contributed by atoms with Crippen molar-refractivity contribution in [2.24, 2.45) is 0 Å². The minimum Gasteiger partial charge on any atom is -0.461 e. The SMILES string of the molecule is CCOC(=O)c1nn(-c2ccccc2)c(=O)c2c(NC(=O)c3ccc(F)c(F)c3)scc12.